The van der Waals surface area contributed by atoms with Gasteiger partial charge in [-0.05, 0) is 18.4 Å². The summed E-state index contributed by atoms with van der Waals surface area (Å²) in [6, 6.07) is 8.50. The van der Waals surface area contributed by atoms with Gasteiger partial charge in [0.1, 0.15) is 5.78 Å². The van der Waals surface area contributed by atoms with E-state index >= 15 is 0 Å². The van der Waals surface area contributed by atoms with Crippen molar-refractivity contribution in [2.45, 2.75) is 37.9 Å². The molecule has 0 radical (unpaired) electrons. The van der Waals surface area contributed by atoms with Crippen LogP contribution in [0.3, 0.4) is 0 Å². The molecule has 1 aromatic carbocycles. The third-order valence-corrected chi connectivity index (χ3v) is 3.72. The number of halogens is 1. The Balaban J connectivity index is 2.34. The van der Waals surface area contributed by atoms with E-state index in [4.69, 9.17) is 0 Å². The van der Waals surface area contributed by atoms with Crippen molar-refractivity contribution in [1.82, 2.24) is 0 Å². The van der Waals surface area contributed by atoms with Crippen molar-refractivity contribution in [3.8, 4) is 0 Å². The molecule has 1 aromatic rings. The number of hydrogen-bond donors (Lipinski definition) is 0. The Morgan fingerprint density at radius 1 is 1.26 bits per heavy atom. The molecule has 3 atom stereocenters. The van der Waals surface area contributed by atoms with Crippen LogP contribution in [-0.4, -0.2) is 17.0 Å². The minimum atomic E-state index is -2.23. The van der Waals surface area contributed by atoms with Crippen LogP contribution in [0.5, 0.6) is 0 Å². The van der Waals surface area contributed by atoms with Crippen LogP contribution in [0.2, 0.25) is 0 Å². The Morgan fingerprint density at radius 2 is 1.95 bits per heavy atom. The SMILES string of the molecule is O=C1CCCC[C@H]1[C@H](c1ccccc1)C(F)[N+](=O)[O-]. The van der Waals surface area contributed by atoms with Crippen LogP contribution in [0.1, 0.15) is 37.2 Å². The average Bonchev–Trinajstić information content (AvgIpc) is 2.42. The zero-order valence-electron chi connectivity index (χ0n) is 10.5. The molecule has 1 aliphatic rings. The summed E-state index contributed by atoms with van der Waals surface area (Å²) in [5.74, 6) is -1.59. The van der Waals surface area contributed by atoms with Crippen molar-refractivity contribution in [2.24, 2.45) is 5.92 Å². The van der Waals surface area contributed by atoms with Crippen molar-refractivity contribution < 1.29 is 14.1 Å². The molecule has 19 heavy (non-hydrogen) atoms. The first-order valence-electron chi connectivity index (χ1n) is 6.46. The maximum Gasteiger partial charge on any atom is 0.357 e. The Hall–Kier alpha value is -1.78. The number of nitrogens with zero attached hydrogens (tertiary/aromatic N) is 1. The van der Waals surface area contributed by atoms with E-state index in [1.807, 2.05) is 0 Å². The summed E-state index contributed by atoms with van der Waals surface area (Å²) in [6.45, 7) is 0. The Morgan fingerprint density at radius 3 is 2.53 bits per heavy atom. The molecule has 1 saturated carbocycles. The molecule has 5 heteroatoms. The Bertz CT molecular complexity index is 463. The van der Waals surface area contributed by atoms with Crippen LogP contribution >= 0.6 is 0 Å². The molecule has 0 saturated heterocycles. The summed E-state index contributed by atoms with van der Waals surface area (Å²) < 4.78 is 14.0. The second-order valence-corrected chi connectivity index (χ2v) is 4.91. The number of ketones is 1. The molecule has 1 fully saturated rings. The van der Waals surface area contributed by atoms with E-state index in [-0.39, 0.29) is 5.78 Å². The van der Waals surface area contributed by atoms with Gasteiger partial charge >= 0.3 is 6.30 Å². The Labute approximate surface area is 110 Å². The number of carbonyl (C=O) groups excluding carboxylic acids is 1. The van der Waals surface area contributed by atoms with Crippen LogP contribution in [0.4, 0.5) is 4.39 Å². The van der Waals surface area contributed by atoms with Crippen molar-refractivity contribution >= 4 is 5.78 Å². The molecule has 0 bridgehead atoms. The topological polar surface area (TPSA) is 60.2 Å². The highest BCUT2D eigenvalue weighted by Crippen LogP contribution is 2.37. The predicted octanol–water partition coefficient (Wildman–Crippen LogP) is 3.10. The summed E-state index contributed by atoms with van der Waals surface area (Å²) in [6.07, 6.45) is 0.330. The molecule has 0 heterocycles. The minimum absolute atomic E-state index is 0.0513. The zero-order valence-corrected chi connectivity index (χ0v) is 10.5. The molecule has 1 aliphatic carbocycles. The summed E-state index contributed by atoms with van der Waals surface area (Å²) >= 11 is 0. The molecule has 4 nitrogen and oxygen atoms in total. The molecule has 1 unspecified atom stereocenters. The number of hydrogen-bond acceptors (Lipinski definition) is 3. The normalized spacial score (nSPS) is 22.8. The second kappa shape index (κ2) is 5.91. The van der Waals surface area contributed by atoms with Crippen LogP contribution in [0.25, 0.3) is 0 Å². The third-order valence-electron chi connectivity index (χ3n) is 3.72. The highest BCUT2D eigenvalue weighted by molar-refractivity contribution is 5.82. The third kappa shape index (κ3) is 2.97. The largest absolute Gasteiger partial charge is 0.357 e. The molecule has 2 rings (SSSR count). The van der Waals surface area contributed by atoms with Crippen molar-refractivity contribution in [1.29, 1.82) is 0 Å². The van der Waals surface area contributed by atoms with Gasteiger partial charge in [-0.2, -0.15) is 4.39 Å². The van der Waals surface area contributed by atoms with E-state index in [1.165, 1.54) is 0 Å². The lowest BCUT2D eigenvalue weighted by molar-refractivity contribution is -0.559. The van der Waals surface area contributed by atoms with E-state index in [2.05, 4.69) is 0 Å². The molecule has 0 aromatic heterocycles. The van der Waals surface area contributed by atoms with Gasteiger partial charge in [0.05, 0.1) is 10.8 Å². The first kappa shape index (κ1) is 13.6. The molecule has 0 amide bonds. The molecule has 0 spiro atoms. The number of benzene rings is 1. The molecular weight excluding hydrogens is 249 g/mol. The van der Waals surface area contributed by atoms with Crippen molar-refractivity contribution in [3.63, 3.8) is 0 Å². The van der Waals surface area contributed by atoms with Crippen LogP contribution in [0.15, 0.2) is 30.3 Å². The summed E-state index contributed by atoms with van der Waals surface area (Å²) in [5, 5.41) is 10.8. The molecule has 102 valence electrons. The van der Waals surface area contributed by atoms with E-state index in [1.54, 1.807) is 30.3 Å². The number of Topliss-reactive ketones (excluding diaryl/α,β-unsaturated/α-hetero) is 1. The van der Waals surface area contributed by atoms with Gasteiger partial charge in [-0.3, -0.25) is 14.9 Å². The van der Waals surface area contributed by atoms with Gasteiger partial charge in [0.25, 0.3) is 0 Å². The van der Waals surface area contributed by atoms with E-state index in [9.17, 15) is 19.3 Å². The van der Waals surface area contributed by atoms with Gasteiger partial charge in [0.15, 0.2) is 0 Å². The zero-order chi connectivity index (χ0) is 13.8. The average molecular weight is 265 g/mol. The first-order chi connectivity index (χ1) is 9.11. The van der Waals surface area contributed by atoms with Crippen LogP contribution < -0.4 is 0 Å². The van der Waals surface area contributed by atoms with E-state index < -0.39 is 23.1 Å². The predicted molar refractivity (Wildman–Crippen MR) is 68.0 cm³/mol. The number of carbonyl (C=O) groups is 1. The monoisotopic (exact) mass is 265 g/mol. The van der Waals surface area contributed by atoms with Gasteiger partial charge in [0, 0.05) is 12.3 Å². The fourth-order valence-electron chi connectivity index (χ4n) is 2.78. The maximum absolute atomic E-state index is 14.0. The van der Waals surface area contributed by atoms with Gasteiger partial charge in [0.2, 0.25) is 0 Å². The lowest BCUT2D eigenvalue weighted by atomic mass is 9.75. The first-order valence-corrected chi connectivity index (χ1v) is 6.46. The highest BCUT2D eigenvalue weighted by Gasteiger charge is 2.42. The van der Waals surface area contributed by atoms with Crippen molar-refractivity contribution in [3.05, 3.63) is 46.0 Å². The Kier molecular flexibility index (Phi) is 4.24. The summed E-state index contributed by atoms with van der Waals surface area (Å²) in [4.78, 5) is 21.8. The lowest BCUT2D eigenvalue weighted by Gasteiger charge is -2.28. The smallest absolute Gasteiger partial charge is 0.299 e. The van der Waals surface area contributed by atoms with Crippen LogP contribution in [-0.2, 0) is 4.79 Å². The number of nitro groups is 1. The fourth-order valence-corrected chi connectivity index (χ4v) is 2.78. The molecule has 0 aliphatic heterocycles. The van der Waals surface area contributed by atoms with Gasteiger partial charge in [-0.1, -0.05) is 36.8 Å². The maximum atomic E-state index is 14.0. The fraction of sp³-hybridized carbons (Fsp3) is 0.500. The summed E-state index contributed by atoms with van der Waals surface area (Å²) in [7, 11) is 0. The van der Waals surface area contributed by atoms with Gasteiger partial charge in [-0.25, -0.2) is 0 Å². The summed E-state index contributed by atoms with van der Waals surface area (Å²) in [5.41, 5.74) is 0.534. The number of alkyl halides is 1. The van der Waals surface area contributed by atoms with E-state index in [0.29, 0.717) is 18.4 Å². The highest BCUT2D eigenvalue weighted by atomic mass is 19.1. The molecule has 0 N–H and O–H groups in total. The minimum Gasteiger partial charge on any atom is -0.299 e. The van der Waals surface area contributed by atoms with Crippen molar-refractivity contribution in [2.75, 3.05) is 0 Å². The molecular formula is C14H16FNO3. The second-order valence-electron chi connectivity index (χ2n) is 4.91. The quantitative estimate of drug-likeness (QED) is 0.477. The van der Waals surface area contributed by atoms with E-state index in [0.717, 1.165) is 12.8 Å². The van der Waals surface area contributed by atoms with Crippen LogP contribution in [0, 0.1) is 16.0 Å². The lowest BCUT2D eigenvalue weighted by Crippen LogP contribution is -2.34. The number of rotatable bonds is 4. The van der Waals surface area contributed by atoms with Gasteiger partial charge in [-0.15, -0.1) is 0 Å². The standard InChI is InChI=1S/C14H16FNO3/c15-14(16(18)19)13(10-6-2-1-3-7-10)11-8-4-5-9-12(11)17/h1-3,6-7,11,13-14H,4-5,8-9H2/t11-,13+,14?/m1/s1. The van der Waals surface area contributed by atoms with Gasteiger partial charge < -0.3 is 0 Å².